The van der Waals surface area contributed by atoms with E-state index in [1.807, 2.05) is 12.1 Å². The van der Waals surface area contributed by atoms with Gasteiger partial charge in [-0.15, -0.1) is 0 Å². The molecule has 0 aromatic carbocycles. The third-order valence-corrected chi connectivity index (χ3v) is 5.73. The lowest BCUT2D eigenvalue weighted by molar-refractivity contribution is -0.127. The molecule has 1 aromatic heterocycles. The van der Waals surface area contributed by atoms with Crippen LogP contribution in [0.2, 0.25) is 0 Å². The molecule has 1 aromatic rings. The fourth-order valence-corrected chi connectivity index (χ4v) is 3.29. The van der Waals surface area contributed by atoms with E-state index in [1.165, 1.54) is 5.56 Å². The van der Waals surface area contributed by atoms with Crippen molar-refractivity contribution in [3.63, 3.8) is 0 Å². The van der Waals surface area contributed by atoms with E-state index >= 15 is 0 Å². The summed E-state index contributed by atoms with van der Waals surface area (Å²) < 4.78 is 0. The Kier molecular flexibility index (Phi) is 5.25. The quantitative estimate of drug-likeness (QED) is 0.914. The van der Waals surface area contributed by atoms with E-state index in [-0.39, 0.29) is 11.8 Å². The Bertz CT molecular complexity index is 482. The van der Waals surface area contributed by atoms with Crippen LogP contribution in [-0.4, -0.2) is 17.4 Å². The fraction of sp³-hybridized carbons (Fsp3) is 0.684. The summed E-state index contributed by atoms with van der Waals surface area (Å²) in [5.74, 6) is 0.442. The van der Waals surface area contributed by atoms with Gasteiger partial charge in [-0.05, 0) is 60.6 Å². The van der Waals surface area contributed by atoms with Gasteiger partial charge < -0.3 is 5.32 Å². The molecule has 0 radical (unpaired) electrons. The summed E-state index contributed by atoms with van der Waals surface area (Å²) >= 11 is 0. The summed E-state index contributed by atoms with van der Waals surface area (Å²) in [5, 5.41) is 3.11. The zero-order valence-corrected chi connectivity index (χ0v) is 14.5. The van der Waals surface area contributed by atoms with Crippen molar-refractivity contribution in [2.24, 2.45) is 16.7 Å². The van der Waals surface area contributed by atoms with Crippen LogP contribution in [0.1, 0.15) is 58.9 Å². The lowest BCUT2D eigenvalue weighted by Crippen LogP contribution is -2.41. The Balaban J connectivity index is 1.76. The number of amides is 1. The molecule has 22 heavy (non-hydrogen) atoms. The first-order valence-corrected chi connectivity index (χ1v) is 8.48. The van der Waals surface area contributed by atoms with Crippen molar-refractivity contribution in [3.05, 3.63) is 30.1 Å². The van der Waals surface area contributed by atoms with Crippen LogP contribution in [0.25, 0.3) is 0 Å². The Hall–Kier alpha value is -1.38. The second kappa shape index (κ2) is 6.80. The van der Waals surface area contributed by atoms with Crippen LogP contribution < -0.4 is 5.32 Å². The summed E-state index contributed by atoms with van der Waals surface area (Å²) in [5.41, 5.74) is 1.90. The zero-order chi connectivity index (χ0) is 16.2. The number of aromatic nitrogens is 1. The first kappa shape index (κ1) is 17.0. The number of carbonyl (C=O) groups excluding carboxylic acids is 1. The van der Waals surface area contributed by atoms with Crippen LogP contribution in [0, 0.1) is 16.7 Å². The summed E-state index contributed by atoms with van der Waals surface area (Å²) in [7, 11) is 0. The third-order valence-electron chi connectivity index (χ3n) is 5.73. The van der Waals surface area contributed by atoms with E-state index in [1.54, 1.807) is 12.4 Å². The molecular formula is C19H30N2O. The zero-order valence-electron chi connectivity index (χ0n) is 14.5. The van der Waals surface area contributed by atoms with Gasteiger partial charge in [0.15, 0.2) is 0 Å². The molecule has 0 bridgehead atoms. The average Bonchev–Trinajstić information content (AvgIpc) is 2.48. The van der Waals surface area contributed by atoms with Crippen molar-refractivity contribution in [2.75, 3.05) is 6.54 Å². The van der Waals surface area contributed by atoms with Gasteiger partial charge in [-0.3, -0.25) is 9.78 Å². The Morgan fingerprint density at radius 3 is 2.41 bits per heavy atom. The molecular weight excluding hydrogens is 272 g/mol. The molecule has 122 valence electrons. The van der Waals surface area contributed by atoms with Gasteiger partial charge in [0, 0.05) is 24.9 Å². The minimum absolute atomic E-state index is 0.202. The van der Waals surface area contributed by atoms with Crippen molar-refractivity contribution < 1.29 is 4.79 Å². The monoisotopic (exact) mass is 302 g/mol. The Labute approximate surface area is 134 Å². The Morgan fingerprint density at radius 2 is 1.86 bits per heavy atom. The van der Waals surface area contributed by atoms with E-state index in [9.17, 15) is 4.79 Å². The van der Waals surface area contributed by atoms with Gasteiger partial charge in [-0.2, -0.15) is 0 Å². The van der Waals surface area contributed by atoms with E-state index in [0.717, 1.165) is 38.6 Å². The highest BCUT2D eigenvalue weighted by molar-refractivity contribution is 5.78. The standard InChI is InChI=1S/C19H30N2O/c1-18(2,3)19(4)10-5-16(6-11-19)17(22)21-14-9-15-7-12-20-13-8-15/h7-8,12-13,16H,5-6,9-11,14H2,1-4H3,(H,21,22). The molecule has 2 rings (SSSR count). The molecule has 1 aliphatic carbocycles. The fourth-order valence-electron chi connectivity index (χ4n) is 3.29. The van der Waals surface area contributed by atoms with Gasteiger partial charge >= 0.3 is 0 Å². The number of rotatable bonds is 4. The molecule has 1 heterocycles. The number of hydrogen-bond acceptors (Lipinski definition) is 2. The molecule has 0 unspecified atom stereocenters. The molecule has 1 saturated carbocycles. The molecule has 0 spiro atoms. The smallest absolute Gasteiger partial charge is 0.223 e. The van der Waals surface area contributed by atoms with E-state index < -0.39 is 0 Å². The second-order valence-corrected chi connectivity index (χ2v) is 7.98. The van der Waals surface area contributed by atoms with Crippen LogP contribution in [-0.2, 0) is 11.2 Å². The van der Waals surface area contributed by atoms with Gasteiger partial charge in [0.1, 0.15) is 0 Å². The molecule has 1 N–H and O–H groups in total. The number of nitrogens with one attached hydrogen (secondary N) is 1. The van der Waals surface area contributed by atoms with Crippen LogP contribution in [0.15, 0.2) is 24.5 Å². The minimum Gasteiger partial charge on any atom is -0.356 e. The highest BCUT2D eigenvalue weighted by atomic mass is 16.1. The first-order chi connectivity index (χ1) is 10.3. The first-order valence-electron chi connectivity index (χ1n) is 8.48. The molecule has 1 fully saturated rings. The lowest BCUT2D eigenvalue weighted by Gasteiger charge is -2.46. The predicted octanol–water partition coefficient (Wildman–Crippen LogP) is 3.98. The van der Waals surface area contributed by atoms with E-state index in [4.69, 9.17) is 0 Å². The molecule has 0 atom stereocenters. The number of pyridine rings is 1. The minimum atomic E-state index is 0.202. The molecule has 0 saturated heterocycles. The van der Waals surface area contributed by atoms with Gasteiger partial charge in [0.2, 0.25) is 5.91 Å². The maximum atomic E-state index is 12.3. The largest absolute Gasteiger partial charge is 0.356 e. The summed E-state index contributed by atoms with van der Waals surface area (Å²) in [4.78, 5) is 16.3. The van der Waals surface area contributed by atoms with E-state index in [2.05, 4.69) is 38.0 Å². The summed E-state index contributed by atoms with van der Waals surface area (Å²) in [6.07, 6.45) is 8.82. The predicted molar refractivity (Wildman–Crippen MR) is 90.5 cm³/mol. The summed E-state index contributed by atoms with van der Waals surface area (Å²) in [6, 6.07) is 4.00. The van der Waals surface area contributed by atoms with Crippen molar-refractivity contribution in [3.8, 4) is 0 Å². The number of hydrogen-bond donors (Lipinski definition) is 1. The van der Waals surface area contributed by atoms with Gasteiger partial charge in [-0.1, -0.05) is 27.7 Å². The van der Waals surface area contributed by atoms with Gasteiger partial charge in [-0.25, -0.2) is 0 Å². The molecule has 3 heteroatoms. The maximum Gasteiger partial charge on any atom is 0.223 e. The lowest BCUT2D eigenvalue weighted by atomic mass is 9.59. The second-order valence-electron chi connectivity index (χ2n) is 7.98. The highest BCUT2D eigenvalue weighted by Gasteiger charge is 2.41. The normalized spacial score (nSPS) is 25.7. The Morgan fingerprint density at radius 1 is 1.27 bits per heavy atom. The van der Waals surface area contributed by atoms with Gasteiger partial charge in [0.05, 0.1) is 0 Å². The maximum absolute atomic E-state index is 12.3. The van der Waals surface area contributed by atoms with Crippen LogP contribution >= 0.6 is 0 Å². The van der Waals surface area contributed by atoms with Crippen molar-refractivity contribution in [1.82, 2.24) is 10.3 Å². The van der Waals surface area contributed by atoms with Gasteiger partial charge in [0.25, 0.3) is 0 Å². The summed E-state index contributed by atoms with van der Waals surface area (Å²) in [6.45, 7) is 10.1. The van der Waals surface area contributed by atoms with Crippen molar-refractivity contribution in [1.29, 1.82) is 0 Å². The molecule has 1 aliphatic rings. The average molecular weight is 302 g/mol. The van der Waals surface area contributed by atoms with Crippen LogP contribution in [0.5, 0.6) is 0 Å². The third kappa shape index (κ3) is 4.08. The topological polar surface area (TPSA) is 42.0 Å². The van der Waals surface area contributed by atoms with E-state index in [0.29, 0.717) is 10.8 Å². The highest BCUT2D eigenvalue weighted by Crippen LogP contribution is 2.50. The van der Waals surface area contributed by atoms with Crippen molar-refractivity contribution in [2.45, 2.75) is 59.8 Å². The number of carbonyl (C=O) groups is 1. The van der Waals surface area contributed by atoms with Crippen LogP contribution in [0.3, 0.4) is 0 Å². The molecule has 1 amide bonds. The molecule has 0 aliphatic heterocycles. The molecule has 3 nitrogen and oxygen atoms in total. The number of nitrogens with zero attached hydrogens (tertiary/aromatic N) is 1. The van der Waals surface area contributed by atoms with Crippen molar-refractivity contribution >= 4 is 5.91 Å². The van der Waals surface area contributed by atoms with Crippen LogP contribution in [0.4, 0.5) is 0 Å². The SMILES string of the molecule is CC(C)(C)C1(C)CCC(C(=O)NCCc2ccncc2)CC1.